The van der Waals surface area contributed by atoms with E-state index in [1.54, 1.807) is 19.2 Å². The first-order chi connectivity index (χ1) is 8.63. The number of methoxy groups -OCH3 is 3. The highest BCUT2D eigenvalue weighted by Gasteiger charge is 2.14. The van der Waals surface area contributed by atoms with Crippen LogP contribution >= 0.6 is 0 Å². The van der Waals surface area contributed by atoms with Gasteiger partial charge in [0.2, 0.25) is 11.7 Å². The van der Waals surface area contributed by atoms with Gasteiger partial charge in [0.05, 0.1) is 27.5 Å². The smallest absolute Gasteiger partial charge is 0.211 e. The molecule has 0 radical (unpaired) electrons. The van der Waals surface area contributed by atoms with Crippen LogP contribution in [0.4, 0.5) is 0 Å². The molecule has 0 aliphatic heterocycles. The van der Waals surface area contributed by atoms with Crippen molar-refractivity contribution < 1.29 is 14.2 Å². The van der Waals surface area contributed by atoms with Gasteiger partial charge < -0.3 is 25.7 Å². The Morgan fingerprint density at radius 2 is 1.72 bits per heavy atom. The fraction of sp³-hybridized carbons (Fsp3) is 0.273. The van der Waals surface area contributed by atoms with Crippen LogP contribution in [0.1, 0.15) is 5.56 Å². The molecule has 4 N–H and O–H groups in total. The van der Waals surface area contributed by atoms with Crippen LogP contribution in [0.5, 0.6) is 17.2 Å². The average Bonchev–Trinajstić information content (AvgIpc) is 2.37. The van der Waals surface area contributed by atoms with Gasteiger partial charge in [-0.1, -0.05) is 0 Å². The number of hydrogen-bond acceptors (Lipinski definition) is 5. The van der Waals surface area contributed by atoms with Crippen LogP contribution in [0.2, 0.25) is 0 Å². The van der Waals surface area contributed by atoms with Crippen LogP contribution < -0.4 is 25.7 Å². The van der Waals surface area contributed by atoms with E-state index in [0.29, 0.717) is 22.8 Å². The van der Waals surface area contributed by atoms with Gasteiger partial charge >= 0.3 is 0 Å². The van der Waals surface area contributed by atoms with Crippen molar-refractivity contribution in [2.45, 2.75) is 0 Å². The number of guanidine groups is 1. The molecule has 0 aliphatic rings. The van der Waals surface area contributed by atoms with Gasteiger partial charge in [-0.25, -0.2) is 0 Å². The SMILES string of the molecule is COc1ccc(C=NN=C(N)N)c(OC)c1OC. The maximum absolute atomic E-state index is 5.26. The van der Waals surface area contributed by atoms with E-state index in [4.69, 9.17) is 25.7 Å². The normalized spacial score (nSPS) is 10.2. The first kappa shape index (κ1) is 13.6. The minimum absolute atomic E-state index is 0.120. The van der Waals surface area contributed by atoms with Gasteiger partial charge in [-0.15, -0.1) is 5.10 Å². The third kappa shape index (κ3) is 3.03. The van der Waals surface area contributed by atoms with E-state index in [1.165, 1.54) is 20.4 Å². The van der Waals surface area contributed by atoms with Crippen molar-refractivity contribution in [2.75, 3.05) is 21.3 Å². The quantitative estimate of drug-likeness (QED) is 0.446. The second kappa shape index (κ2) is 6.33. The first-order valence-corrected chi connectivity index (χ1v) is 5.05. The summed E-state index contributed by atoms with van der Waals surface area (Å²) in [7, 11) is 4.59. The molecule has 0 saturated heterocycles. The van der Waals surface area contributed by atoms with Crippen LogP contribution in [0.15, 0.2) is 22.3 Å². The number of rotatable bonds is 5. The zero-order valence-corrected chi connectivity index (χ0v) is 10.5. The molecule has 0 aromatic heterocycles. The highest BCUT2D eigenvalue weighted by atomic mass is 16.5. The molecule has 0 saturated carbocycles. The molecule has 1 rings (SSSR count). The van der Waals surface area contributed by atoms with E-state index < -0.39 is 0 Å². The molecule has 0 spiro atoms. The summed E-state index contributed by atoms with van der Waals surface area (Å²) in [5.41, 5.74) is 11.0. The lowest BCUT2D eigenvalue weighted by molar-refractivity contribution is 0.324. The van der Waals surface area contributed by atoms with Crippen molar-refractivity contribution >= 4 is 12.2 Å². The Bertz CT molecular complexity index is 468. The second-order valence-electron chi connectivity index (χ2n) is 3.19. The molecule has 1 aromatic carbocycles. The van der Waals surface area contributed by atoms with Gasteiger partial charge in [-0.3, -0.25) is 0 Å². The van der Waals surface area contributed by atoms with Crippen LogP contribution in [-0.4, -0.2) is 33.5 Å². The molecule has 0 heterocycles. The molecule has 0 unspecified atom stereocenters. The third-order valence-corrected chi connectivity index (χ3v) is 2.10. The van der Waals surface area contributed by atoms with Gasteiger partial charge in [0, 0.05) is 5.56 Å². The largest absolute Gasteiger partial charge is 0.493 e. The molecule has 1 aromatic rings. The summed E-state index contributed by atoms with van der Waals surface area (Å²) in [5, 5.41) is 7.22. The topological polar surface area (TPSA) is 104 Å². The molecule has 0 amide bonds. The van der Waals surface area contributed by atoms with Crippen molar-refractivity contribution in [3.8, 4) is 17.2 Å². The highest BCUT2D eigenvalue weighted by Crippen LogP contribution is 2.38. The molecule has 0 fully saturated rings. The predicted molar refractivity (Wildman–Crippen MR) is 69.5 cm³/mol. The van der Waals surface area contributed by atoms with Crippen LogP contribution in [0, 0.1) is 0 Å². The molecular formula is C11H16N4O3. The molecule has 7 heteroatoms. The molecule has 98 valence electrons. The Balaban J connectivity index is 3.21. The molecule has 7 nitrogen and oxygen atoms in total. The summed E-state index contributed by atoms with van der Waals surface area (Å²) in [4.78, 5) is 0. The van der Waals surface area contributed by atoms with E-state index in [-0.39, 0.29) is 5.96 Å². The minimum atomic E-state index is -0.120. The van der Waals surface area contributed by atoms with E-state index in [1.807, 2.05) is 0 Å². The molecular weight excluding hydrogens is 236 g/mol. The van der Waals surface area contributed by atoms with Gasteiger partial charge in [0.15, 0.2) is 11.5 Å². The van der Waals surface area contributed by atoms with Crippen LogP contribution in [0.25, 0.3) is 0 Å². The molecule has 0 aliphatic carbocycles. The van der Waals surface area contributed by atoms with Crippen LogP contribution in [0.3, 0.4) is 0 Å². The molecule has 0 atom stereocenters. The first-order valence-electron chi connectivity index (χ1n) is 5.05. The molecule has 0 bridgehead atoms. The second-order valence-corrected chi connectivity index (χ2v) is 3.19. The van der Waals surface area contributed by atoms with E-state index >= 15 is 0 Å². The van der Waals surface area contributed by atoms with Crippen molar-refractivity contribution in [2.24, 2.45) is 21.7 Å². The zero-order valence-electron chi connectivity index (χ0n) is 10.5. The average molecular weight is 252 g/mol. The summed E-state index contributed by atoms with van der Waals surface area (Å²) in [5.74, 6) is 1.42. The summed E-state index contributed by atoms with van der Waals surface area (Å²) < 4.78 is 15.6. The lowest BCUT2D eigenvalue weighted by atomic mass is 10.2. The minimum Gasteiger partial charge on any atom is -0.493 e. The predicted octanol–water partition coefficient (Wildman–Crippen LogP) is 0.320. The summed E-state index contributed by atoms with van der Waals surface area (Å²) in [6.07, 6.45) is 1.46. The third-order valence-electron chi connectivity index (χ3n) is 2.10. The monoisotopic (exact) mass is 252 g/mol. The Hall–Kier alpha value is -2.44. The Kier molecular flexibility index (Phi) is 4.79. The Labute approximate surface area is 105 Å². The maximum atomic E-state index is 5.26. The number of hydrogen-bond donors (Lipinski definition) is 2. The number of nitrogens with two attached hydrogens (primary N) is 2. The van der Waals surface area contributed by atoms with Gasteiger partial charge in [0.1, 0.15) is 0 Å². The van der Waals surface area contributed by atoms with Crippen molar-refractivity contribution in [1.82, 2.24) is 0 Å². The lowest BCUT2D eigenvalue weighted by Crippen LogP contribution is -2.21. The van der Waals surface area contributed by atoms with E-state index in [2.05, 4.69) is 10.2 Å². The summed E-state index contributed by atoms with van der Waals surface area (Å²) in [6, 6.07) is 3.49. The fourth-order valence-corrected chi connectivity index (χ4v) is 1.38. The standard InChI is InChI=1S/C11H16N4O3/c1-16-8-5-4-7(6-14-15-11(12)13)9(17-2)10(8)18-3/h4-6H,1-3H3,(H4,12,13,15). The fourth-order valence-electron chi connectivity index (χ4n) is 1.38. The Morgan fingerprint density at radius 3 is 2.22 bits per heavy atom. The van der Waals surface area contributed by atoms with Crippen LogP contribution in [-0.2, 0) is 0 Å². The summed E-state index contributed by atoms with van der Waals surface area (Å²) in [6.45, 7) is 0. The van der Waals surface area contributed by atoms with Gasteiger partial charge in [-0.2, -0.15) is 5.10 Å². The van der Waals surface area contributed by atoms with E-state index in [9.17, 15) is 0 Å². The number of nitrogens with zero attached hydrogens (tertiary/aromatic N) is 2. The molecule has 18 heavy (non-hydrogen) atoms. The van der Waals surface area contributed by atoms with E-state index in [0.717, 1.165) is 0 Å². The van der Waals surface area contributed by atoms with Crippen molar-refractivity contribution in [1.29, 1.82) is 0 Å². The maximum Gasteiger partial charge on any atom is 0.211 e. The van der Waals surface area contributed by atoms with Crippen molar-refractivity contribution in [3.05, 3.63) is 17.7 Å². The lowest BCUT2D eigenvalue weighted by Gasteiger charge is -2.13. The highest BCUT2D eigenvalue weighted by molar-refractivity contribution is 5.86. The van der Waals surface area contributed by atoms with Crippen molar-refractivity contribution in [3.63, 3.8) is 0 Å². The van der Waals surface area contributed by atoms with Gasteiger partial charge in [0.25, 0.3) is 0 Å². The number of benzene rings is 1. The van der Waals surface area contributed by atoms with Gasteiger partial charge in [-0.05, 0) is 12.1 Å². The number of ether oxygens (including phenoxy) is 3. The summed E-state index contributed by atoms with van der Waals surface area (Å²) >= 11 is 0. The Morgan fingerprint density at radius 1 is 1.06 bits per heavy atom. The zero-order chi connectivity index (χ0) is 13.5.